The second kappa shape index (κ2) is 9.90. The molecular weight excluding hydrogens is 366 g/mol. The predicted octanol–water partition coefficient (Wildman–Crippen LogP) is 4.63. The van der Waals surface area contributed by atoms with Gasteiger partial charge in [0, 0.05) is 23.4 Å². The van der Waals surface area contributed by atoms with Gasteiger partial charge in [-0.05, 0) is 23.8 Å². The van der Waals surface area contributed by atoms with Gasteiger partial charge < -0.3 is 14.8 Å². The minimum Gasteiger partial charge on any atom is -0.497 e. The van der Waals surface area contributed by atoms with Gasteiger partial charge in [0.05, 0.1) is 7.11 Å². The molecule has 29 heavy (non-hydrogen) atoms. The lowest BCUT2D eigenvalue weighted by molar-refractivity contribution is -0.149. The molecule has 146 valence electrons. The fraction of sp³-hybridized carbons (Fsp3) is 0.0833. The van der Waals surface area contributed by atoms with Crippen molar-refractivity contribution in [3.63, 3.8) is 0 Å². The summed E-state index contributed by atoms with van der Waals surface area (Å²) in [6.45, 7) is 0. The van der Waals surface area contributed by atoms with E-state index in [4.69, 9.17) is 9.47 Å². The van der Waals surface area contributed by atoms with Crippen molar-refractivity contribution in [2.45, 2.75) is 6.10 Å². The first-order valence-corrected chi connectivity index (χ1v) is 9.09. The zero-order chi connectivity index (χ0) is 20.5. The lowest BCUT2D eigenvalue weighted by atomic mass is 10.1. The van der Waals surface area contributed by atoms with E-state index in [9.17, 15) is 9.59 Å². The van der Waals surface area contributed by atoms with Crippen molar-refractivity contribution in [1.82, 2.24) is 0 Å². The molecule has 0 unspecified atom stereocenters. The molecule has 0 saturated heterocycles. The van der Waals surface area contributed by atoms with Gasteiger partial charge in [-0.2, -0.15) is 0 Å². The highest BCUT2D eigenvalue weighted by Gasteiger charge is 2.24. The second-order valence-electron chi connectivity index (χ2n) is 6.19. The van der Waals surface area contributed by atoms with Gasteiger partial charge >= 0.3 is 5.97 Å². The Labute approximate surface area is 169 Å². The number of amides is 1. The van der Waals surface area contributed by atoms with E-state index in [-0.39, 0.29) is 0 Å². The maximum absolute atomic E-state index is 12.9. The Morgan fingerprint density at radius 2 is 1.59 bits per heavy atom. The van der Waals surface area contributed by atoms with Crippen LogP contribution in [0.5, 0.6) is 5.75 Å². The smallest absolute Gasteiger partial charge is 0.331 e. The van der Waals surface area contributed by atoms with Crippen LogP contribution in [0.25, 0.3) is 6.08 Å². The summed E-state index contributed by atoms with van der Waals surface area (Å²) in [4.78, 5) is 25.2. The number of benzene rings is 3. The Morgan fingerprint density at radius 3 is 2.28 bits per heavy atom. The van der Waals surface area contributed by atoms with Gasteiger partial charge in [-0.25, -0.2) is 4.79 Å². The minimum atomic E-state index is -1.09. The molecule has 0 aromatic heterocycles. The minimum absolute atomic E-state index is 0.453. The van der Waals surface area contributed by atoms with Crippen LogP contribution < -0.4 is 10.1 Å². The van der Waals surface area contributed by atoms with Crippen LogP contribution in [0, 0.1) is 0 Å². The third-order valence-electron chi connectivity index (χ3n) is 4.12. The number of carbonyl (C=O) groups excluding carboxylic acids is 2. The van der Waals surface area contributed by atoms with Crippen molar-refractivity contribution in [1.29, 1.82) is 0 Å². The van der Waals surface area contributed by atoms with Gasteiger partial charge in [-0.15, -0.1) is 0 Å². The number of hydrogen-bond acceptors (Lipinski definition) is 4. The van der Waals surface area contributed by atoms with Crippen molar-refractivity contribution < 1.29 is 19.1 Å². The normalized spacial score (nSPS) is 11.6. The first-order valence-electron chi connectivity index (χ1n) is 9.09. The molecule has 0 radical (unpaired) electrons. The Morgan fingerprint density at radius 1 is 0.897 bits per heavy atom. The number of carbonyl (C=O) groups is 2. The van der Waals surface area contributed by atoms with Crippen LogP contribution >= 0.6 is 0 Å². The SMILES string of the molecule is COc1cccc(NC(=O)[C@@H](OC(=O)/C=C/c2ccccc2)c2ccccc2)c1. The molecule has 1 N–H and O–H groups in total. The number of esters is 1. The van der Waals surface area contributed by atoms with Crippen LogP contribution in [0.15, 0.2) is 91.0 Å². The molecule has 0 spiro atoms. The van der Waals surface area contributed by atoms with E-state index < -0.39 is 18.0 Å². The van der Waals surface area contributed by atoms with E-state index in [0.29, 0.717) is 17.0 Å². The van der Waals surface area contributed by atoms with Crippen molar-refractivity contribution in [3.8, 4) is 5.75 Å². The lowest BCUT2D eigenvalue weighted by Gasteiger charge is -2.17. The van der Waals surface area contributed by atoms with E-state index in [1.807, 2.05) is 36.4 Å². The lowest BCUT2D eigenvalue weighted by Crippen LogP contribution is -2.25. The van der Waals surface area contributed by atoms with Crippen LogP contribution in [-0.2, 0) is 14.3 Å². The number of rotatable bonds is 7. The van der Waals surface area contributed by atoms with E-state index >= 15 is 0 Å². The molecule has 0 aliphatic heterocycles. The fourth-order valence-corrected chi connectivity index (χ4v) is 2.69. The highest BCUT2D eigenvalue weighted by molar-refractivity contribution is 5.97. The maximum Gasteiger partial charge on any atom is 0.331 e. The van der Waals surface area contributed by atoms with E-state index in [2.05, 4.69) is 5.32 Å². The number of methoxy groups -OCH3 is 1. The monoisotopic (exact) mass is 387 g/mol. The van der Waals surface area contributed by atoms with Crippen molar-refractivity contribution in [3.05, 3.63) is 102 Å². The molecule has 0 aliphatic rings. The number of ether oxygens (including phenoxy) is 2. The van der Waals surface area contributed by atoms with Gasteiger partial charge in [-0.3, -0.25) is 4.79 Å². The van der Waals surface area contributed by atoms with Crippen LogP contribution in [0.4, 0.5) is 5.69 Å². The Hall–Kier alpha value is -3.86. The zero-order valence-electron chi connectivity index (χ0n) is 15.9. The molecule has 0 heterocycles. The van der Waals surface area contributed by atoms with Gasteiger partial charge in [-0.1, -0.05) is 66.7 Å². The van der Waals surface area contributed by atoms with Gasteiger partial charge in [0.2, 0.25) is 6.10 Å². The quantitative estimate of drug-likeness (QED) is 0.474. The summed E-state index contributed by atoms with van der Waals surface area (Å²) in [7, 11) is 1.55. The van der Waals surface area contributed by atoms with E-state index in [1.54, 1.807) is 61.7 Å². The van der Waals surface area contributed by atoms with E-state index in [1.165, 1.54) is 6.08 Å². The Balaban J connectivity index is 1.76. The summed E-state index contributed by atoms with van der Waals surface area (Å²) < 4.78 is 10.7. The molecule has 5 heteroatoms. The molecule has 1 amide bonds. The molecule has 3 aromatic carbocycles. The van der Waals surface area contributed by atoms with Crippen molar-refractivity contribution >= 4 is 23.6 Å². The molecule has 0 fully saturated rings. The first kappa shape index (κ1) is 19.9. The first-order chi connectivity index (χ1) is 14.2. The summed E-state index contributed by atoms with van der Waals surface area (Å²) in [6.07, 6.45) is 1.87. The summed E-state index contributed by atoms with van der Waals surface area (Å²) in [6, 6.07) is 25.2. The largest absolute Gasteiger partial charge is 0.497 e. The Bertz CT molecular complexity index is 984. The van der Waals surface area contributed by atoms with Crippen LogP contribution in [0.3, 0.4) is 0 Å². The van der Waals surface area contributed by atoms with Gasteiger partial charge in [0.1, 0.15) is 5.75 Å². The summed E-state index contributed by atoms with van der Waals surface area (Å²) >= 11 is 0. The summed E-state index contributed by atoms with van der Waals surface area (Å²) in [5.41, 5.74) is 1.99. The fourth-order valence-electron chi connectivity index (χ4n) is 2.69. The van der Waals surface area contributed by atoms with Crippen molar-refractivity contribution in [2.75, 3.05) is 12.4 Å². The summed E-state index contributed by atoms with van der Waals surface area (Å²) in [5, 5.41) is 2.77. The standard InChI is InChI=1S/C24H21NO4/c1-28-21-14-8-13-20(17-21)25-24(27)23(19-11-6-3-7-12-19)29-22(26)16-15-18-9-4-2-5-10-18/h2-17,23H,1H3,(H,25,27)/b16-15+/t23-/m0/s1. The van der Waals surface area contributed by atoms with Crippen molar-refractivity contribution in [2.24, 2.45) is 0 Å². The third kappa shape index (κ3) is 5.81. The summed E-state index contributed by atoms with van der Waals surface area (Å²) in [5.74, 6) is -0.448. The molecular formula is C24H21NO4. The highest BCUT2D eigenvalue weighted by Crippen LogP contribution is 2.22. The average Bonchev–Trinajstić information content (AvgIpc) is 2.77. The molecule has 3 rings (SSSR count). The highest BCUT2D eigenvalue weighted by atomic mass is 16.5. The van der Waals surface area contributed by atoms with Crippen LogP contribution in [-0.4, -0.2) is 19.0 Å². The Kier molecular flexibility index (Phi) is 6.79. The van der Waals surface area contributed by atoms with Crippen LogP contribution in [0.1, 0.15) is 17.2 Å². The number of nitrogens with one attached hydrogen (secondary N) is 1. The third-order valence-corrected chi connectivity index (χ3v) is 4.12. The molecule has 1 atom stereocenters. The van der Waals surface area contributed by atoms with Gasteiger partial charge in [0.15, 0.2) is 0 Å². The molecule has 0 saturated carbocycles. The number of hydrogen-bond donors (Lipinski definition) is 1. The topological polar surface area (TPSA) is 64.6 Å². The molecule has 5 nitrogen and oxygen atoms in total. The van der Waals surface area contributed by atoms with E-state index in [0.717, 1.165) is 5.56 Å². The maximum atomic E-state index is 12.9. The average molecular weight is 387 g/mol. The predicted molar refractivity (Wildman–Crippen MR) is 112 cm³/mol. The second-order valence-corrected chi connectivity index (χ2v) is 6.19. The zero-order valence-corrected chi connectivity index (χ0v) is 15.9. The molecule has 0 aliphatic carbocycles. The van der Waals surface area contributed by atoms with Gasteiger partial charge in [0.25, 0.3) is 5.91 Å². The van der Waals surface area contributed by atoms with Crippen LogP contribution in [0.2, 0.25) is 0 Å². The molecule has 3 aromatic rings. The molecule has 0 bridgehead atoms. The number of anilines is 1.